The molecule has 1 aromatic rings. The molecule has 0 heterocycles. The molecule has 1 aromatic carbocycles. The minimum Gasteiger partial charge on any atom is -0.327 e. The lowest BCUT2D eigenvalue weighted by Crippen LogP contribution is -2.37. The zero-order valence-corrected chi connectivity index (χ0v) is 11.1. The van der Waals surface area contributed by atoms with Crippen LogP contribution in [0.5, 0.6) is 0 Å². The van der Waals surface area contributed by atoms with Gasteiger partial charge in [-0.1, -0.05) is 18.5 Å². The molecule has 3 atom stereocenters. The first-order valence-electron chi connectivity index (χ1n) is 5.83. The Labute approximate surface area is 107 Å². The second-order valence-electron chi connectivity index (χ2n) is 4.69. The molecule has 88 valence electrons. The summed E-state index contributed by atoms with van der Waals surface area (Å²) in [6.07, 6.45) is 3.67. The van der Waals surface area contributed by atoms with Gasteiger partial charge in [-0.05, 0) is 49.4 Å². The van der Waals surface area contributed by atoms with Crippen LogP contribution in [-0.4, -0.2) is 11.3 Å². The van der Waals surface area contributed by atoms with Crippen LogP contribution in [0.3, 0.4) is 0 Å². The van der Waals surface area contributed by atoms with Crippen LogP contribution in [0, 0.1) is 5.92 Å². The summed E-state index contributed by atoms with van der Waals surface area (Å²) in [6.45, 7) is 2.32. The molecule has 0 spiro atoms. The van der Waals surface area contributed by atoms with Crippen LogP contribution in [0.15, 0.2) is 29.2 Å². The third-order valence-corrected chi connectivity index (χ3v) is 4.85. The van der Waals surface area contributed by atoms with E-state index in [9.17, 15) is 0 Å². The van der Waals surface area contributed by atoms with E-state index >= 15 is 0 Å². The van der Waals surface area contributed by atoms with Gasteiger partial charge in [0.2, 0.25) is 0 Å². The smallest absolute Gasteiger partial charge is 0.0406 e. The molecule has 1 aliphatic rings. The number of rotatable bonds is 2. The van der Waals surface area contributed by atoms with E-state index in [2.05, 4.69) is 19.1 Å². The van der Waals surface area contributed by atoms with Gasteiger partial charge < -0.3 is 5.73 Å². The summed E-state index contributed by atoms with van der Waals surface area (Å²) in [5.41, 5.74) is 6.17. The highest BCUT2D eigenvalue weighted by atomic mass is 35.5. The number of benzene rings is 1. The van der Waals surface area contributed by atoms with E-state index in [1.54, 1.807) is 0 Å². The first-order chi connectivity index (χ1) is 7.65. The average molecular weight is 256 g/mol. The van der Waals surface area contributed by atoms with Crippen molar-refractivity contribution < 1.29 is 0 Å². The average Bonchev–Trinajstić information content (AvgIpc) is 2.27. The molecule has 0 aromatic heterocycles. The molecule has 0 amide bonds. The summed E-state index contributed by atoms with van der Waals surface area (Å²) >= 11 is 7.77. The molecule has 16 heavy (non-hydrogen) atoms. The zero-order chi connectivity index (χ0) is 11.5. The molecule has 1 nitrogen and oxygen atoms in total. The number of hydrogen-bond acceptors (Lipinski definition) is 2. The SMILES string of the molecule is CC1CCC(N)C(Sc2ccc(Cl)cc2)C1. The summed E-state index contributed by atoms with van der Waals surface area (Å²) in [5, 5.41) is 1.36. The van der Waals surface area contributed by atoms with Gasteiger partial charge in [-0.2, -0.15) is 0 Å². The maximum atomic E-state index is 6.17. The Morgan fingerprint density at radius 3 is 2.62 bits per heavy atom. The van der Waals surface area contributed by atoms with Gasteiger partial charge in [0, 0.05) is 21.2 Å². The van der Waals surface area contributed by atoms with Crippen LogP contribution in [0.4, 0.5) is 0 Å². The standard InChI is InChI=1S/C13H18ClNS/c1-9-2-7-12(15)13(8-9)16-11-5-3-10(14)4-6-11/h3-6,9,12-13H,2,7-8,15H2,1H3. The van der Waals surface area contributed by atoms with E-state index in [4.69, 9.17) is 17.3 Å². The topological polar surface area (TPSA) is 26.0 Å². The van der Waals surface area contributed by atoms with E-state index in [0.717, 1.165) is 17.4 Å². The van der Waals surface area contributed by atoms with Crippen molar-refractivity contribution in [3.05, 3.63) is 29.3 Å². The molecule has 3 heteroatoms. The third-order valence-electron chi connectivity index (χ3n) is 3.21. The van der Waals surface area contributed by atoms with Crippen LogP contribution in [0.1, 0.15) is 26.2 Å². The number of thioether (sulfide) groups is 1. The lowest BCUT2D eigenvalue weighted by Gasteiger charge is -2.32. The second-order valence-corrected chi connectivity index (χ2v) is 6.44. The van der Waals surface area contributed by atoms with Crippen LogP contribution in [0.2, 0.25) is 5.02 Å². The lowest BCUT2D eigenvalue weighted by atomic mass is 9.87. The number of nitrogens with two attached hydrogens (primary N) is 1. The second kappa shape index (κ2) is 5.44. The monoisotopic (exact) mass is 255 g/mol. The Hall–Kier alpha value is -0.180. The first kappa shape index (κ1) is 12.3. The van der Waals surface area contributed by atoms with E-state index in [-0.39, 0.29) is 0 Å². The van der Waals surface area contributed by atoms with Gasteiger partial charge >= 0.3 is 0 Å². The van der Waals surface area contributed by atoms with Gasteiger partial charge in [0.1, 0.15) is 0 Å². The van der Waals surface area contributed by atoms with Crippen molar-refractivity contribution in [1.29, 1.82) is 0 Å². The van der Waals surface area contributed by atoms with Crippen molar-refractivity contribution >= 4 is 23.4 Å². The van der Waals surface area contributed by atoms with Gasteiger partial charge in [0.25, 0.3) is 0 Å². The Morgan fingerprint density at radius 1 is 1.25 bits per heavy atom. The zero-order valence-electron chi connectivity index (χ0n) is 9.53. The van der Waals surface area contributed by atoms with Crippen molar-refractivity contribution in [1.82, 2.24) is 0 Å². The van der Waals surface area contributed by atoms with E-state index in [1.165, 1.54) is 17.7 Å². The molecule has 2 rings (SSSR count). The van der Waals surface area contributed by atoms with Crippen LogP contribution < -0.4 is 5.73 Å². The van der Waals surface area contributed by atoms with Gasteiger partial charge in [0.15, 0.2) is 0 Å². The Morgan fingerprint density at radius 2 is 1.94 bits per heavy atom. The van der Waals surface area contributed by atoms with Crippen molar-refractivity contribution in [2.75, 3.05) is 0 Å². The molecule has 3 unspecified atom stereocenters. The van der Waals surface area contributed by atoms with Gasteiger partial charge in [-0.15, -0.1) is 11.8 Å². The molecule has 1 fully saturated rings. The van der Waals surface area contributed by atoms with Crippen molar-refractivity contribution in [2.24, 2.45) is 11.7 Å². The lowest BCUT2D eigenvalue weighted by molar-refractivity contribution is 0.357. The Kier molecular flexibility index (Phi) is 4.17. The predicted octanol–water partition coefficient (Wildman–Crippen LogP) is 3.95. The van der Waals surface area contributed by atoms with E-state index < -0.39 is 0 Å². The maximum absolute atomic E-state index is 6.17. The largest absolute Gasteiger partial charge is 0.327 e. The highest BCUT2D eigenvalue weighted by Crippen LogP contribution is 2.35. The summed E-state index contributed by atoms with van der Waals surface area (Å²) in [4.78, 5) is 1.28. The molecular weight excluding hydrogens is 238 g/mol. The quantitative estimate of drug-likeness (QED) is 0.866. The summed E-state index contributed by atoms with van der Waals surface area (Å²) in [5.74, 6) is 0.810. The first-order valence-corrected chi connectivity index (χ1v) is 7.08. The molecular formula is C13H18ClNS. The fraction of sp³-hybridized carbons (Fsp3) is 0.538. The summed E-state index contributed by atoms with van der Waals surface area (Å²) < 4.78 is 0. The maximum Gasteiger partial charge on any atom is 0.0406 e. The fourth-order valence-electron chi connectivity index (χ4n) is 2.18. The van der Waals surface area contributed by atoms with Gasteiger partial charge in [0.05, 0.1) is 0 Å². The molecule has 1 aliphatic carbocycles. The molecule has 0 radical (unpaired) electrons. The van der Waals surface area contributed by atoms with Crippen LogP contribution in [-0.2, 0) is 0 Å². The third kappa shape index (κ3) is 3.16. The van der Waals surface area contributed by atoms with Crippen LogP contribution in [0.25, 0.3) is 0 Å². The number of halogens is 1. The Bertz CT molecular complexity index is 338. The minimum absolute atomic E-state index is 0.344. The summed E-state index contributed by atoms with van der Waals surface area (Å²) in [7, 11) is 0. The minimum atomic E-state index is 0.344. The van der Waals surface area contributed by atoms with Crippen molar-refractivity contribution in [3.8, 4) is 0 Å². The molecule has 2 N–H and O–H groups in total. The number of hydrogen-bond donors (Lipinski definition) is 1. The van der Waals surface area contributed by atoms with Gasteiger partial charge in [-0.3, -0.25) is 0 Å². The van der Waals surface area contributed by atoms with E-state index in [0.29, 0.717) is 11.3 Å². The van der Waals surface area contributed by atoms with Crippen LogP contribution >= 0.6 is 23.4 Å². The predicted molar refractivity (Wildman–Crippen MR) is 72.1 cm³/mol. The Balaban J connectivity index is 2.00. The highest BCUT2D eigenvalue weighted by molar-refractivity contribution is 8.00. The molecule has 0 saturated heterocycles. The van der Waals surface area contributed by atoms with Crippen molar-refractivity contribution in [2.45, 2.75) is 42.4 Å². The van der Waals surface area contributed by atoms with Gasteiger partial charge in [-0.25, -0.2) is 0 Å². The normalized spacial score (nSPS) is 30.3. The molecule has 0 aliphatic heterocycles. The van der Waals surface area contributed by atoms with E-state index in [1.807, 2.05) is 23.9 Å². The summed E-state index contributed by atoms with van der Waals surface area (Å²) in [6, 6.07) is 8.40. The molecule has 1 saturated carbocycles. The highest BCUT2D eigenvalue weighted by Gasteiger charge is 2.26. The molecule has 0 bridgehead atoms. The van der Waals surface area contributed by atoms with Crippen molar-refractivity contribution in [3.63, 3.8) is 0 Å². The fourth-order valence-corrected chi connectivity index (χ4v) is 3.68.